The van der Waals surface area contributed by atoms with Crippen LogP contribution in [0, 0.1) is 0 Å². The molecule has 0 spiro atoms. The Balaban J connectivity index is 1.49. The van der Waals surface area contributed by atoms with Gasteiger partial charge < -0.3 is 13.9 Å². The van der Waals surface area contributed by atoms with E-state index in [2.05, 4.69) is 10.2 Å². The van der Waals surface area contributed by atoms with Crippen molar-refractivity contribution in [1.29, 1.82) is 0 Å². The van der Waals surface area contributed by atoms with Gasteiger partial charge in [-0.3, -0.25) is 0 Å². The smallest absolute Gasteiger partial charge is 0.246 e. The molecule has 3 aromatic rings. The molecule has 0 saturated carbocycles. The van der Waals surface area contributed by atoms with Gasteiger partial charge in [-0.1, -0.05) is 11.3 Å². The number of piperidine rings is 1. The van der Waals surface area contributed by atoms with Crippen LogP contribution in [0.5, 0.6) is 11.5 Å². The molecule has 3 heterocycles. The number of sulfonamides is 1. The highest BCUT2D eigenvalue weighted by Gasteiger charge is 2.33. The van der Waals surface area contributed by atoms with E-state index in [9.17, 15) is 8.42 Å². The predicted octanol–water partition coefficient (Wildman–Crippen LogP) is 3.38. The number of aromatic nitrogens is 2. The number of benzene rings is 1. The highest BCUT2D eigenvalue weighted by atomic mass is 32.2. The predicted molar refractivity (Wildman–Crippen MR) is 108 cm³/mol. The number of hydrogen-bond donors (Lipinski definition) is 0. The molecule has 1 fully saturated rings. The maximum Gasteiger partial charge on any atom is 0.246 e. The summed E-state index contributed by atoms with van der Waals surface area (Å²) in [7, 11) is -0.732. The van der Waals surface area contributed by atoms with Crippen LogP contribution in [-0.2, 0) is 10.0 Å². The summed E-state index contributed by atoms with van der Waals surface area (Å²) >= 11 is 1.49. The minimum absolute atomic E-state index is 0.119. The van der Waals surface area contributed by atoms with Crippen LogP contribution in [0.25, 0.3) is 10.8 Å². The number of furan rings is 1. The van der Waals surface area contributed by atoms with E-state index in [1.165, 1.54) is 35.9 Å². The van der Waals surface area contributed by atoms with Gasteiger partial charge in [0.25, 0.3) is 0 Å². The second kappa shape index (κ2) is 8.13. The fourth-order valence-corrected chi connectivity index (χ4v) is 5.99. The number of rotatable bonds is 6. The summed E-state index contributed by atoms with van der Waals surface area (Å²) in [6.45, 7) is 0.812. The molecule has 8 nitrogen and oxygen atoms in total. The SMILES string of the molecule is COc1ccc(OC)c(S(=O)(=O)N2CCC(c3nnc(-c4ccco4)s3)CC2)c1. The summed E-state index contributed by atoms with van der Waals surface area (Å²) in [4.78, 5) is 0.119. The summed E-state index contributed by atoms with van der Waals surface area (Å²) in [5.41, 5.74) is 0. The van der Waals surface area contributed by atoms with Gasteiger partial charge in [0.1, 0.15) is 21.4 Å². The first-order chi connectivity index (χ1) is 14.0. The van der Waals surface area contributed by atoms with Crippen molar-refractivity contribution in [2.45, 2.75) is 23.7 Å². The Morgan fingerprint density at radius 3 is 2.59 bits per heavy atom. The molecule has 0 aliphatic carbocycles. The van der Waals surface area contributed by atoms with Crippen molar-refractivity contribution in [3.8, 4) is 22.3 Å². The maximum atomic E-state index is 13.2. The minimum atomic E-state index is -3.69. The number of nitrogens with zero attached hydrogens (tertiary/aromatic N) is 3. The normalized spacial score (nSPS) is 16.1. The van der Waals surface area contributed by atoms with E-state index in [0.29, 0.717) is 43.2 Å². The molecule has 1 aliphatic heterocycles. The molecule has 0 bridgehead atoms. The zero-order chi connectivity index (χ0) is 20.4. The summed E-state index contributed by atoms with van der Waals surface area (Å²) < 4.78 is 43.7. The van der Waals surface area contributed by atoms with E-state index in [1.54, 1.807) is 18.4 Å². The standard InChI is InChI=1S/C19H21N3O5S2/c1-25-14-5-6-15(26-2)17(12-14)29(23,24)22-9-7-13(8-10-22)18-20-21-19(28-18)16-4-3-11-27-16/h3-6,11-13H,7-10H2,1-2H3. The van der Waals surface area contributed by atoms with E-state index >= 15 is 0 Å². The van der Waals surface area contributed by atoms with Gasteiger partial charge in [-0.15, -0.1) is 10.2 Å². The van der Waals surface area contributed by atoms with Crippen LogP contribution in [0.4, 0.5) is 0 Å². The van der Waals surface area contributed by atoms with Crippen molar-refractivity contribution in [3.63, 3.8) is 0 Å². The second-order valence-corrected chi connectivity index (χ2v) is 9.53. The minimum Gasteiger partial charge on any atom is -0.497 e. The molecule has 10 heteroatoms. The third-order valence-corrected chi connectivity index (χ3v) is 7.98. The van der Waals surface area contributed by atoms with Crippen molar-refractivity contribution in [1.82, 2.24) is 14.5 Å². The first-order valence-corrected chi connectivity index (χ1v) is 11.4. The average Bonchev–Trinajstić information content (AvgIpc) is 3.45. The first kappa shape index (κ1) is 19.9. The van der Waals surface area contributed by atoms with Gasteiger partial charge >= 0.3 is 0 Å². The molecule has 1 saturated heterocycles. The van der Waals surface area contributed by atoms with Gasteiger partial charge in [0, 0.05) is 25.1 Å². The highest BCUT2D eigenvalue weighted by molar-refractivity contribution is 7.89. The van der Waals surface area contributed by atoms with Crippen molar-refractivity contribution >= 4 is 21.4 Å². The molecule has 29 heavy (non-hydrogen) atoms. The average molecular weight is 436 g/mol. The Morgan fingerprint density at radius 2 is 1.93 bits per heavy atom. The van der Waals surface area contributed by atoms with E-state index in [0.717, 1.165) is 10.0 Å². The van der Waals surface area contributed by atoms with Gasteiger partial charge in [0.2, 0.25) is 10.0 Å². The lowest BCUT2D eigenvalue weighted by atomic mass is 9.99. The summed E-state index contributed by atoms with van der Waals surface area (Å²) in [6, 6.07) is 8.44. The number of hydrogen-bond acceptors (Lipinski definition) is 8. The van der Waals surface area contributed by atoms with Gasteiger partial charge in [-0.2, -0.15) is 4.31 Å². The Morgan fingerprint density at radius 1 is 1.14 bits per heavy atom. The molecular weight excluding hydrogens is 414 g/mol. The van der Waals surface area contributed by atoms with Crippen LogP contribution in [0.1, 0.15) is 23.8 Å². The Labute approximate surface area is 173 Å². The lowest BCUT2D eigenvalue weighted by molar-refractivity contribution is 0.316. The molecule has 1 aromatic carbocycles. The molecule has 1 aliphatic rings. The fraction of sp³-hybridized carbons (Fsp3) is 0.368. The van der Waals surface area contributed by atoms with E-state index in [1.807, 2.05) is 12.1 Å². The Hall–Kier alpha value is -2.43. The van der Waals surface area contributed by atoms with Crippen LogP contribution in [0.15, 0.2) is 45.9 Å². The van der Waals surface area contributed by atoms with Gasteiger partial charge in [-0.25, -0.2) is 8.42 Å². The van der Waals surface area contributed by atoms with Crippen LogP contribution in [0.3, 0.4) is 0 Å². The van der Waals surface area contributed by atoms with Crippen molar-refractivity contribution in [3.05, 3.63) is 41.6 Å². The molecule has 2 aromatic heterocycles. The van der Waals surface area contributed by atoms with Gasteiger partial charge in [0.15, 0.2) is 10.8 Å². The van der Waals surface area contributed by atoms with E-state index in [4.69, 9.17) is 13.9 Å². The molecule has 4 rings (SSSR count). The van der Waals surface area contributed by atoms with Crippen molar-refractivity contribution in [2.24, 2.45) is 0 Å². The number of ether oxygens (including phenoxy) is 2. The van der Waals surface area contributed by atoms with Crippen LogP contribution >= 0.6 is 11.3 Å². The maximum absolute atomic E-state index is 13.2. The lowest BCUT2D eigenvalue weighted by Crippen LogP contribution is -2.38. The molecule has 154 valence electrons. The van der Waals surface area contributed by atoms with E-state index in [-0.39, 0.29) is 10.8 Å². The quantitative estimate of drug-likeness (QED) is 0.586. The van der Waals surface area contributed by atoms with Crippen LogP contribution < -0.4 is 9.47 Å². The third-order valence-electron chi connectivity index (χ3n) is 4.96. The zero-order valence-corrected chi connectivity index (χ0v) is 17.7. The number of methoxy groups -OCH3 is 2. The molecule has 0 atom stereocenters. The molecule has 0 radical (unpaired) electrons. The van der Waals surface area contributed by atoms with Crippen LogP contribution in [-0.4, -0.2) is 50.2 Å². The zero-order valence-electron chi connectivity index (χ0n) is 16.1. The summed E-state index contributed by atoms with van der Waals surface area (Å²) in [5.74, 6) is 1.65. The Kier molecular flexibility index (Phi) is 5.57. The molecule has 0 N–H and O–H groups in total. The fourth-order valence-electron chi connectivity index (χ4n) is 3.37. The largest absolute Gasteiger partial charge is 0.497 e. The third kappa shape index (κ3) is 3.87. The lowest BCUT2D eigenvalue weighted by Gasteiger charge is -2.30. The highest BCUT2D eigenvalue weighted by Crippen LogP contribution is 2.37. The topological polar surface area (TPSA) is 94.8 Å². The van der Waals surface area contributed by atoms with Crippen LogP contribution in [0.2, 0.25) is 0 Å². The second-order valence-electron chi connectivity index (χ2n) is 6.62. The molecule has 0 unspecified atom stereocenters. The van der Waals surface area contributed by atoms with Gasteiger partial charge in [-0.05, 0) is 37.1 Å². The molecule has 0 amide bonds. The van der Waals surface area contributed by atoms with Crippen molar-refractivity contribution < 1.29 is 22.3 Å². The summed E-state index contributed by atoms with van der Waals surface area (Å²) in [5, 5.41) is 10.1. The molecular formula is C19H21N3O5S2. The first-order valence-electron chi connectivity index (χ1n) is 9.12. The monoisotopic (exact) mass is 435 g/mol. The van der Waals surface area contributed by atoms with Gasteiger partial charge in [0.05, 0.1) is 20.5 Å². The Bertz CT molecular complexity index is 1070. The van der Waals surface area contributed by atoms with E-state index < -0.39 is 10.0 Å². The summed E-state index contributed by atoms with van der Waals surface area (Å²) in [6.07, 6.45) is 2.96. The van der Waals surface area contributed by atoms with Crippen molar-refractivity contribution in [2.75, 3.05) is 27.3 Å².